The highest BCUT2D eigenvalue weighted by atomic mass is 16.5. The van der Waals surface area contributed by atoms with Crippen LogP contribution in [0.15, 0.2) is 42.7 Å². The van der Waals surface area contributed by atoms with Crippen molar-refractivity contribution in [3.8, 4) is 5.75 Å². The summed E-state index contributed by atoms with van der Waals surface area (Å²) in [5, 5.41) is 6.36. The Hall–Kier alpha value is -3.46. The molecule has 0 aliphatic carbocycles. The Kier molecular flexibility index (Phi) is 7.59. The highest BCUT2D eigenvalue weighted by Gasteiger charge is 2.51. The van der Waals surface area contributed by atoms with E-state index in [0.29, 0.717) is 29.5 Å². The number of hydrogen-bond donors (Lipinski definition) is 2. The summed E-state index contributed by atoms with van der Waals surface area (Å²) in [4.78, 5) is 46.9. The van der Waals surface area contributed by atoms with Crippen molar-refractivity contribution < 1.29 is 19.1 Å². The average molecular weight is 494 g/mol. The maximum atomic E-state index is 13.5. The number of ether oxygens (including phenoxy) is 1. The quantitative estimate of drug-likeness (QED) is 0.547. The lowest BCUT2D eigenvalue weighted by Gasteiger charge is -2.27. The maximum Gasteiger partial charge on any atom is 0.332 e. The number of anilines is 1. The van der Waals surface area contributed by atoms with Crippen LogP contribution in [0.1, 0.15) is 56.5 Å². The third-order valence-electron chi connectivity index (χ3n) is 6.75. The zero-order valence-corrected chi connectivity index (χ0v) is 21.4. The fourth-order valence-corrected chi connectivity index (χ4v) is 4.61. The molecule has 4 amide bonds. The molecular weight excluding hydrogens is 458 g/mol. The molecule has 4 rings (SSSR count). The SMILES string of the molecule is CC(C)Oc1ccc(N2C(=O)N(Cc3ccncc3)C(C)(C)C2=O)cc1C(=O)NCC1CCNCC1. The summed E-state index contributed by atoms with van der Waals surface area (Å²) in [5.41, 5.74) is 0.476. The molecule has 2 fully saturated rings. The number of urea groups is 1. The van der Waals surface area contributed by atoms with Gasteiger partial charge in [0.15, 0.2) is 0 Å². The molecule has 9 nitrogen and oxygen atoms in total. The Morgan fingerprint density at radius 3 is 2.53 bits per heavy atom. The summed E-state index contributed by atoms with van der Waals surface area (Å²) >= 11 is 0. The van der Waals surface area contributed by atoms with E-state index in [1.165, 1.54) is 0 Å². The van der Waals surface area contributed by atoms with E-state index in [1.54, 1.807) is 49.3 Å². The second kappa shape index (κ2) is 10.7. The van der Waals surface area contributed by atoms with Crippen molar-refractivity contribution in [3.63, 3.8) is 0 Å². The molecule has 1 aromatic heterocycles. The summed E-state index contributed by atoms with van der Waals surface area (Å²) in [6.07, 6.45) is 5.19. The molecule has 192 valence electrons. The van der Waals surface area contributed by atoms with E-state index < -0.39 is 11.6 Å². The molecule has 0 radical (unpaired) electrons. The lowest BCUT2D eigenvalue weighted by atomic mass is 9.98. The van der Waals surface area contributed by atoms with Crippen molar-refractivity contribution in [2.45, 2.75) is 58.7 Å². The van der Waals surface area contributed by atoms with Crippen LogP contribution in [0.4, 0.5) is 10.5 Å². The predicted octanol–water partition coefficient (Wildman–Crippen LogP) is 3.35. The molecule has 1 aromatic carbocycles. The monoisotopic (exact) mass is 493 g/mol. The Morgan fingerprint density at radius 1 is 1.17 bits per heavy atom. The molecule has 2 N–H and O–H groups in total. The lowest BCUT2D eigenvalue weighted by Crippen LogP contribution is -2.43. The molecule has 0 unspecified atom stereocenters. The smallest absolute Gasteiger partial charge is 0.332 e. The molecule has 2 aliphatic rings. The van der Waals surface area contributed by atoms with Crippen LogP contribution in [0.25, 0.3) is 0 Å². The first kappa shape index (κ1) is 25.6. The molecule has 0 bridgehead atoms. The number of aromatic nitrogens is 1. The van der Waals surface area contributed by atoms with Crippen LogP contribution in [0.5, 0.6) is 5.75 Å². The van der Waals surface area contributed by atoms with Crippen LogP contribution in [-0.2, 0) is 11.3 Å². The zero-order valence-electron chi connectivity index (χ0n) is 21.4. The summed E-state index contributed by atoms with van der Waals surface area (Å²) in [6, 6.07) is 8.10. The van der Waals surface area contributed by atoms with Gasteiger partial charge in [0.25, 0.3) is 11.8 Å². The minimum Gasteiger partial charge on any atom is -0.490 e. The Balaban J connectivity index is 1.60. The Morgan fingerprint density at radius 2 is 1.86 bits per heavy atom. The lowest BCUT2D eigenvalue weighted by molar-refractivity contribution is -0.123. The van der Waals surface area contributed by atoms with Gasteiger partial charge in [-0.25, -0.2) is 9.69 Å². The standard InChI is InChI=1S/C27H35N5O4/c1-18(2)36-23-6-5-21(15-22(23)24(33)30-16-19-7-11-28-12-8-19)32-25(34)27(3,4)31(26(32)35)17-20-9-13-29-14-10-20/h5-6,9-10,13-15,18-19,28H,7-8,11-12,16-17H2,1-4H3,(H,30,33). The maximum absolute atomic E-state index is 13.5. The van der Waals surface area contributed by atoms with E-state index in [1.807, 2.05) is 26.0 Å². The zero-order chi connectivity index (χ0) is 25.9. The van der Waals surface area contributed by atoms with Crippen LogP contribution in [-0.4, -0.2) is 59.0 Å². The molecule has 0 saturated carbocycles. The number of amides is 4. The van der Waals surface area contributed by atoms with Crippen molar-refractivity contribution >= 4 is 23.5 Å². The fraction of sp³-hybridized carbons (Fsp3) is 0.481. The van der Waals surface area contributed by atoms with Crippen molar-refractivity contribution in [2.24, 2.45) is 5.92 Å². The van der Waals surface area contributed by atoms with E-state index in [-0.39, 0.29) is 24.5 Å². The van der Waals surface area contributed by atoms with Crippen LogP contribution in [0, 0.1) is 5.92 Å². The van der Waals surface area contributed by atoms with Crippen LogP contribution < -0.4 is 20.3 Å². The number of hydrogen-bond acceptors (Lipinski definition) is 6. The first-order valence-electron chi connectivity index (χ1n) is 12.5. The summed E-state index contributed by atoms with van der Waals surface area (Å²) in [6.45, 7) is 9.98. The number of nitrogens with zero attached hydrogens (tertiary/aromatic N) is 3. The first-order chi connectivity index (χ1) is 17.2. The Bertz CT molecular complexity index is 1110. The van der Waals surface area contributed by atoms with Gasteiger partial charge in [0.2, 0.25) is 0 Å². The van der Waals surface area contributed by atoms with Crippen molar-refractivity contribution in [1.82, 2.24) is 20.5 Å². The summed E-state index contributed by atoms with van der Waals surface area (Å²) < 4.78 is 5.90. The minimum absolute atomic E-state index is 0.142. The highest BCUT2D eigenvalue weighted by Crippen LogP contribution is 2.35. The molecule has 36 heavy (non-hydrogen) atoms. The van der Waals surface area contributed by atoms with Gasteiger partial charge in [-0.3, -0.25) is 14.6 Å². The molecule has 2 saturated heterocycles. The number of piperidine rings is 1. The summed E-state index contributed by atoms with van der Waals surface area (Å²) in [7, 11) is 0. The van der Waals surface area contributed by atoms with Gasteiger partial charge in [-0.15, -0.1) is 0 Å². The number of rotatable bonds is 8. The van der Waals surface area contributed by atoms with Gasteiger partial charge < -0.3 is 20.3 Å². The highest BCUT2D eigenvalue weighted by molar-refractivity contribution is 6.23. The van der Waals surface area contributed by atoms with Crippen LogP contribution >= 0.6 is 0 Å². The van der Waals surface area contributed by atoms with Crippen LogP contribution in [0.2, 0.25) is 0 Å². The molecule has 3 heterocycles. The van der Waals surface area contributed by atoms with Gasteiger partial charge in [-0.1, -0.05) is 0 Å². The normalized spacial score (nSPS) is 18.1. The fourth-order valence-electron chi connectivity index (χ4n) is 4.61. The van der Waals surface area contributed by atoms with Gasteiger partial charge in [0.05, 0.1) is 17.4 Å². The van der Waals surface area contributed by atoms with E-state index in [0.717, 1.165) is 36.4 Å². The largest absolute Gasteiger partial charge is 0.490 e. The van der Waals surface area contributed by atoms with Gasteiger partial charge in [-0.2, -0.15) is 0 Å². The second-order valence-electron chi connectivity index (χ2n) is 10.2. The topological polar surface area (TPSA) is 104 Å². The minimum atomic E-state index is -1.05. The third kappa shape index (κ3) is 5.36. The molecule has 0 atom stereocenters. The molecule has 9 heteroatoms. The van der Waals surface area contributed by atoms with Crippen molar-refractivity contribution in [2.75, 3.05) is 24.5 Å². The second-order valence-corrected chi connectivity index (χ2v) is 10.2. The van der Waals surface area contributed by atoms with E-state index in [9.17, 15) is 14.4 Å². The summed E-state index contributed by atoms with van der Waals surface area (Å²) in [5.74, 6) is 0.207. The molecule has 2 aliphatic heterocycles. The molecule has 0 spiro atoms. The van der Waals surface area contributed by atoms with E-state index in [4.69, 9.17) is 4.74 Å². The predicted molar refractivity (Wildman–Crippen MR) is 137 cm³/mol. The Labute approximate surface area is 212 Å². The van der Waals surface area contributed by atoms with Gasteiger partial charge in [0, 0.05) is 25.5 Å². The number of carbonyl (C=O) groups excluding carboxylic acids is 3. The first-order valence-corrected chi connectivity index (χ1v) is 12.5. The number of imide groups is 1. The van der Waals surface area contributed by atoms with Gasteiger partial charge >= 0.3 is 6.03 Å². The molecular formula is C27H35N5O4. The van der Waals surface area contributed by atoms with Crippen LogP contribution in [0.3, 0.4) is 0 Å². The van der Waals surface area contributed by atoms with E-state index in [2.05, 4.69) is 15.6 Å². The molecule has 2 aromatic rings. The van der Waals surface area contributed by atoms with Gasteiger partial charge in [-0.05, 0) is 95.4 Å². The number of nitrogens with one attached hydrogen (secondary N) is 2. The number of pyridine rings is 1. The van der Waals surface area contributed by atoms with Gasteiger partial charge in [0.1, 0.15) is 11.3 Å². The van der Waals surface area contributed by atoms with Crippen molar-refractivity contribution in [3.05, 3.63) is 53.9 Å². The number of carbonyl (C=O) groups is 3. The third-order valence-corrected chi connectivity index (χ3v) is 6.75. The van der Waals surface area contributed by atoms with E-state index >= 15 is 0 Å². The average Bonchev–Trinajstić information content (AvgIpc) is 3.03. The van der Waals surface area contributed by atoms with Crippen molar-refractivity contribution in [1.29, 1.82) is 0 Å². The number of benzene rings is 1.